The van der Waals surface area contributed by atoms with Crippen molar-refractivity contribution in [3.05, 3.63) is 0 Å². The normalized spacial score (nSPS) is 24.2. The van der Waals surface area contributed by atoms with E-state index in [1.54, 1.807) is 0 Å². The molecule has 13 heavy (non-hydrogen) atoms. The van der Waals surface area contributed by atoms with E-state index in [1.165, 1.54) is 19.3 Å². The van der Waals surface area contributed by atoms with Crippen molar-refractivity contribution < 1.29 is 4.79 Å². The Bertz CT molecular complexity index is 172. The van der Waals surface area contributed by atoms with Crippen LogP contribution in [0, 0.1) is 0 Å². The quantitative estimate of drug-likeness (QED) is 0.688. The highest BCUT2D eigenvalue weighted by Gasteiger charge is 2.22. The van der Waals surface area contributed by atoms with Crippen LogP contribution in [0.3, 0.4) is 0 Å². The van der Waals surface area contributed by atoms with Gasteiger partial charge in [-0.15, -0.1) is 0 Å². The predicted molar refractivity (Wildman–Crippen MR) is 58.1 cm³/mol. The van der Waals surface area contributed by atoms with Crippen LogP contribution in [0.25, 0.3) is 0 Å². The van der Waals surface area contributed by atoms with Gasteiger partial charge in [-0.3, -0.25) is 4.79 Å². The van der Waals surface area contributed by atoms with E-state index in [-0.39, 0.29) is 0 Å². The van der Waals surface area contributed by atoms with Crippen LogP contribution in [0.1, 0.15) is 39.0 Å². The molecule has 1 aliphatic rings. The standard InChI is InChI=1S/C10H18BrNO/c1-2-10(13)12-7-5-3-4-6-9(12)8-11/h9H,2-8H2,1H3. The van der Waals surface area contributed by atoms with Crippen LogP contribution in [0.5, 0.6) is 0 Å². The minimum absolute atomic E-state index is 0.311. The Hall–Kier alpha value is -0.0500. The summed E-state index contributed by atoms with van der Waals surface area (Å²) in [5.74, 6) is 0.311. The van der Waals surface area contributed by atoms with Crippen LogP contribution in [0.4, 0.5) is 0 Å². The minimum Gasteiger partial charge on any atom is -0.339 e. The van der Waals surface area contributed by atoms with E-state index in [0.717, 1.165) is 18.3 Å². The largest absolute Gasteiger partial charge is 0.339 e. The molecular formula is C10H18BrNO. The highest BCUT2D eigenvalue weighted by molar-refractivity contribution is 9.09. The van der Waals surface area contributed by atoms with Gasteiger partial charge in [0.15, 0.2) is 0 Å². The molecule has 0 radical (unpaired) electrons. The van der Waals surface area contributed by atoms with Crippen molar-refractivity contribution in [1.82, 2.24) is 4.90 Å². The third-order valence-corrected chi connectivity index (χ3v) is 3.43. The lowest BCUT2D eigenvalue weighted by Gasteiger charge is -2.28. The zero-order chi connectivity index (χ0) is 9.68. The Morgan fingerprint density at radius 2 is 2.23 bits per heavy atom. The number of likely N-dealkylation sites (tertiary alicyclic amines) is 1. The predicted octanol–water partition coefficient (Wildman–Crippen LogP) is 2.56. The summed E-state index contributed by atoms with van der Waals surface area (Å²) in [5.41, 5.74) is 0. The molecule has 1 amide bonds. The smallest absolute Gasteiger partial charge is 0.222 e. The molecule has 1 fully saturated rings. The molecule has 1 saturated heterocycles. The van der Waals surface area contributed by atoms with Gasteiger partial charge in [0.05, 0.1) is 0 Å². The molecule has 1 aliphatic heterocycles. The zero-order valence-corrected chi connectivity index (χ0v) is 9.85. The molecule has 0 bridgehead atoms. The second-order valence-electron chi connectivity index (χ2n) is 3.60. The van der Waals surface area contributed by atoms with Gasteiger partial charge in [0.2, 0.25) is 5.91 Å². The van der Waals surface area contributed by atoms with Gasteiger partial charge < -0.3 is 4.90 Å². The van der Waals surface area contributed by atoms with Gasteiger partial charge >= 0.3 is 0 Å². The molecule has 2 nitrogen and oxygen atoms in total. The van der Waals surface area contributed by atoms with Crippen LogP contribution < -0.4 is 0 Å². The third-order valence-electron chi connectivity index (χ3n) is 2.68. The Balaban J connectivity index is 2.58. The van der Waals surface area contributed by atoms with E-state index in [1.807, 2.05) is 6.92 Å². The first-order valence-electron chi connectivity index (χ1n) is 5.15. The van der Waals surface area contributed by atoms with Crippen LogP contribution >= 0.6 is 15.9 Å². The monoisotopic (exact) mass is 247 g/mol. The third kappa shape index (κ3) is 2.97. The summed E-state index contributed by atoms with van der Waals surface area (Å²) in [6.07, 6.45) is 5.52. The molecule has 1 rings (SSSR count). The van der Waals surface area contributed by atoms with Gasteiger partial charge in [-0.2, -0.15) is 0 Å². The fourth-order valence-electron chi connectivity index (χ4n) is 1.87. The summed E-state index contributed by atoms with van der Waals surface area (Å²) in [7, 11) is 0. The first-order valence-corrected chi connectivity index (χ1v) is 6.27. The van der Waals surface area contributed by atoms with E-state index >= 15 is 0 Å². The summed E-state index contributed by atoms with van der Waals surface area (Å²) in [4.78, 5) is 13.7. The number of carbonyl (C=O) groups excluding carboxylic acids is 1. The van der Waals surface area contributed by atoms with Crippen LogP contribution in [-0.2, 0) is 4.79 Å². The van der Waals surface area contributed by atoms with Gasteiger partial charge in [0, 0.05) is 24.3 Å². The van der Waals surface area contributed by atoms with E-state index in [0.29, 0.717) is 18.4 Å². The van der Waals surface area contributed by atoms with Gasteiger partial charge in [-0.05, 0) is 12.8 Å². The molecule has 1 heterocycles. The maximum Gasteiger partial charge on any atom is 0.222 e. The molecule has 1 unspecified atom stereocenters. The molecule has 76 valence electrons. The lowest BCUT2D eigenvalue weighted by molar-refractivity contribution is -0.132. The molecule has 0 saturated carbocycles. The lowest BCUT2D eigenvalue weighted by atomic mass is 10.1. The van der Waals surface area contributed by atoms with Crippen molar-refractivity contribution in [2.75, 3.05) is 11.9 Å². The van der Waals surface area contributed by atoms with E-state index < -0.39 is 0 Å². The molecule has 0 aliphatic carbocycles. The maximum absolute atomic E-state index is 11.6. The zero-order valence-electron chi connectivity index (χ0n) is 8.26. The average molecular weight is 248 g/mol. The Labute approximate surface area is 88.8 Å². The number of rotatable bonds is 2. The van der Waals surface area contributed by atoms with E-state index in [2.05, 4.69) is 20.8 Å². The molecular weight excluding hydrogens is 230 g/mol. The van der Waals surface area contributed by atoms with Crippen molar-refractivity contribution in [3.63, 3.8) is 0 Å². The number of hydrogen-bond donors (Lipinski definition) is 0. The molecule has 0 aromatic heterocycles. The van der Waals surface area contributed by atoms with Crippen molar-refractivity contribution in [2.45, 2.75) is 45.1 Å². The Morgan fingerprint density at radius 3 is 2.85 bits per heavy atom. The highest BCUT2D eigenvalue weighted by Crippen LogP contribution is 2.18. The van der Waals surface area contributed by atoms with Crippen LogP contribution in [0.2, 0.25) is 0 Å². The summed E-state index contributed by atoms with van der Waals surface area (Å²) in [5, 5.41) is 0.929. The summed E-state index contributed by atoms with van der Waals surface area (Å²) < 4.78 is 0. The first kappa shape index (κ1) is 11.0. The highest BCUT2D eigenvalue weighted by atomic mass is 79.9. The molecule has 3 heteroatoms. The molecule has 1 atom stereocenters. The molecule has 0 aromatic rings. The lowest BCUT2D eigenvalue weighted by Crippen LogP contribution is -2.40. The van der Waals surface area contributed by atoms with Crippen LogP contribution in [-0.4, -0.2) is 28.7 Å². The van der Waals surface area contributed by atoms with Crippen molar-refractivity contribution in [2.24, 2.45) is 0 Å². The Kier molecular flexibility index (Phi) is 4.78. The first-order chi connectivity index (χ1) is 6.29. The summed E-state index contributed by atoms with van der Waals surface area (Å²) >= 11 is 3.49. The average Bonchev–Trinajstić information content (AvgIpc) is 2.41. The molecule has 0 aromatic carbocycles. The maximum atomic E-state index is 11.6. The molecule has 0 spiro atoms. The van der Waals surface area contributed by atoms with Crippen molar-refractivity contribution in [3.8, 4) is 0 Å². The molecule has 0 N–H and O–H groups in total. The van der Waals surface area contributed by atoms with Gasteiger partial charge in [0.25, 0.3) is 0 Å². The number of hydrogen-bond acceptors (Lipinski definition) is 1. The van der Waals surface area contributed by atoms with E-state index in [4.69, 9.17) is 0 Å². The van der Waals surface area contributed by atoms with E-state index in [9.17, 15) is 4.79 Å². The second-order valence-corrected chi connectivity index (χ2v) is 4.25. The number of carbonyl (C=O) groups is 1. The minimum atomic E-state index is 0.311. The topological polar surface area (TPSA) is 20.3 Å². The fraction of sp³-hybridized carbons (Fsp3) is 0.900. The number of halogens is 1. The summed E-state index contributed by atoms with van der Waals surface area (Å²) in [6.45, 7) is 2.90. The SMILES string of the molecule is CCC(=O)N1CCCCCC1CBr. The van der Waals surface area contributed by atoms with Gasteiger partial charge in [-0.1, -0.05) is 35.7 Å². The van der Waals surface area contributed by atoms with Crippen molar-refractivity contribution >= 4 is 21.8 Å². The number of amides is 1. The van der Waals surface area contributed by atoms with Crippen molar-refractivity contribution in [1.29, 1.82) is 0 Å². The van der Waals surface area contributed by atoms with Gasteiger partial charge in [0.1, 0.15) is 0 Å². The second kappa shape index (κ2) is 5.63. The Morgan fingerprint density at radius 1 is 1.46 bits per heavy atom. The number of alkyl halides is 1. The summed E-state index contributed by atoms with van der Waals surface area (Å²) in [6, 6.07) is 0.440. The van der Waals surface area contributed by atoms with Crippen LogP contribution in [0.15, 0.2) is 0 Å². The fourth-order valence-corrected chi connectivity index (χ4v) is 2.54. The van der Waals surface area contributed by atoms with Gasteiger partial charge in [-0.25, -0.2) is 0 Å². The number of nitrogens with zero attached hydrogens (tertiary/aromatic N) is 1.